The number of phosphoric acid groups is 2. The van der Waals surface area contributed by atoms with E-state index < -0.39 is 105 Å². The fourth-order valence-electron chi connectivity index (χ4n) is 5.59. The van der Waals surface area contributed by atoms with E-state index >= 15 is 0 Å². The molecular weight excluding hydrogens is 820 g/mol. The van der Waals surface area contributed by atoms with E-state index in [1.165, 1.54) is 0 Å². The third-order valence-electron chi connectivity index (χ3n) is 7.72. The maximum absolute atomic E-state index is 13.3. The molecule has 33 heteroatoms. The van der Waals surface area contributed by atoms with Gasteiger partial charge >= 0.3 is 30.8 Å². The van der Waals surface area contributed by atoms with Crippen LogP contribution in [-0.2, 0) is 45.8 Å². The van der Waals surface area contributed by atoms with Crippen LogP contribution in [0, 0.1) is 0 Å². The van der Waals surface area contributed by atoms with Crippen molar-refractivity contribution in [1.82, 2.24) is 39.0 Å². The second-order valence-corrected chi connectivity index (χ2v) is 18.2. The van der Waals surface area contributed by atoms with E-state index in [1.54, 1.807) is 0 Å². The Labute approximate surface area is 298 Å². The summed E-state index contributed by atoms with van der Waals surface area (Å²) in [5.41, 5.74) is 10.1. The summed E-state index contributed by atoms with van der Waals surface area (Å²) in [6.45, 7) is -2.20. The van der Waals surface area contributed by atoms with E-state index in [-0.39, 0.29) is 34.1 Å². The highest BCUT2D eigenvalue weighted by Crippen LogP contribution is 2.56. The quantitative estimate of drug-likeness (QED) is 0.0562. The lowest BCUT2D eigenvalue weighted by molar-refractivity contribution is -0.0573. The number of rotatable bonds is 14. The minimum Gasteiger partial charge on any atom is -0.386 e. The summed E-state index contributed by atoms with van der Waals surface area (Å²) in [5.74, 6) is -2.06. The highest BCUT2D eigenvalue weighted by Gasteiger charge is 2.52. The van der Waals surface area contributed by atoms with Gasteiger partial charge in [-0.25, -0.2) is 29.1 Å². The number of H-pyrrole nitrogens is 1. The standard InChI is InChI=1S/C21H30N10O19P4/c22-15-9-16(25-3-24-15)30(4-26-9)19-12(33)14(7(47-19)1-45-52(38,39)6-51(35,36)37)50-54(43,44)46-2-8-13(49-53(40,41)42)11(32)20(48-8)31-5-27-10-17(31)28-21(23)29-18(10)34/h3-5,7-8,11-14,19-20,32-33H,1-2,6H2,(H,38,39)(H,43,44)(H2,22,24,25)(H2,35,36,37)(H2,40,41,42)(H3,23,28,29,34)/t7-,8-,11-,12-,13-,14-,19-,20-/m1/s1. The number of fused-ring (bicyclic) bond motifs is 2. The van der Waals surface area contributed by atoms with Crippen LogP contribution in [0.1, 0.15) is 12.5 Å². The van der Waals surface area contributed by atoms with E-state index in [4.69, 9.17) is 44.3 Å². The average Bonchev–Trinajstić information content (AvgIpc) is 3.79. The molecule has 0 amide bonds. The monoisotopic (exact) mass is 850 g/mol. The number of aromatic nitrogens is 8. The molecule has 29 nitrogen and oxygen atoms in total. The second-order valence-electron chi connectivity index (χ2n) is 11.6. The molecular formula is C21H30N10O19P4. The van der Waals surface area contributed by atoms with E-state index in [0.29, 0.717) is 0 Å². The van der Waals surface area contributed by atoms with Crippen molar-refractivity contribution in [2.45, 2.75) is 49.1 Å². The zero-order chi connectivity index (χ0) is 39.5. The number of nitrogens with one attached hydrogen (secondary N) is 1. The molecule has 2 aliphatic rings. The van der Waals surface area contributed by atoms with E-state index in [9.17, 15) is 52.8 Å². The summed E-state index contributed by atoms with van der Waals surface area (Å²) < 4.78 is 82.0. The SMILES string of the molecule is Nc1nc2c(ncn2[C@@H]2O[C@H](COP(=O)(O)O[C@H]3[C@@H](O)[C@H](n4cnc5c(N)ncnc54)O[C@@H]3COP(=O)(O)CP(=O)(O)O)[C@@H](OP(=O)(O)O)[C@H]2O)c(=O)[nH]1. The first-order chi connectivity index (χ1) is 25.0. The van der Waals surface area contributed by atoms with Crippen molar-refractivity contribution in [2.75, 3.05) is 30.6 Å². The highest BCUT2D eigenvalue weighted by atomic mass is 31.2. The van der Waals surface area contributed by atoms with Crippen molar-refractivity contribution in [3.05, 3.63) is 29.3 Å². The predicted molar refractivity (Wildman–Crippen MR) is 172 cm³/mol. The van der Waals surface area contributed by atoms with Crippen LogP contribution in [0.2, 0.25) is 0 Å². The lowest BCUT2D eigenvalue weighted by atomic mass is 10.1. The van der Waals surface area contributed by atoms with Gasteiger partial charge in [-0.1, -0.05) is 0 Å². The van der Waals surface area contributed by atoms with Gasteiger partial charge in [-0.3, -0.25) is 41.6 Å². The van der Waals surface area contributed by atoms with Gasteiger partial charge < -0.3 is 65.0 Å². The molecule has 6 heterocycles. The average molecular weight is 850 g/mol. The van der Waals surface area contributed by atoms with E-state index in [0.717, 1.165) is 28.1 Å². The van der Waals surface area contributed by atoms with Gasteiger partial charge in [0.05, 0.1) is 25.9 Å². The Hall–Kier alpha value is -3.14. The molecule has 4 aromatic heterocycles. The molecule has 54 heavy (non-hydrogen) atoms. The van der Waals surface area contributed by atoms with Crippen molar-refractivity contribution in [1.29, 1.82) is 0 Å². The van der Waals surface area contributed by atoms with Gasteiger partial charge in [0.1, 0.15) is 48.5 Å². The third kappa shape index (κ3) is 8.79. The molecule has 10 atom stereocenters. The van der Waals surface area contributed by atoms with Crippen LogP contribution in [0.25, 0.3) is 22.3 Å². The van der Waals surface area contributed by atoms with Gasteiger partial charge in [-0.15, -0.1) is 0 Å². The molecule has 6 rings (SSSR count). The van der Waals surface area contributed by atoms with Gasteiger partial charge in [0.25, 0.3) is 5.56 Å². The fourth-order valence-corrected chi connectivity index (χ4v) is 9.70. The predicted octanol–water partition coefficient (Wildman–Crippen LogP) is -3.04. The summed E-state index contributed by atoms with van der Waals surface area (Å²) in [7, 11) is -21.0. The van der Waals surface area contributed by atoms with Crippen molar-refractivity contribution >= 4 is 64.9 Å². The van der Waals surface area contributed by atoms with Crippen LogP contribution >= 0.6 is 30.8 Å². The number of hydrogen-bond acceptors (Lipinski definition) is 20. The Morgan fingerprint density at radius 3 is 1.93 bits per heavy atom. The second kappa shape index (κ2) is 14.7. The van der Waals surface area contributed by atoms with Crippen LogP contribution in [0.4, 0.5) is 11.8 Å². The Balaban J connectivity index is 1.24. The highest BCUT2D eigenvalue weighted by molar-refractivity contribution is 7.70. The summed E-state index contributed by atoms with van der Waals surface area (Å²) >= 11 is 0. The fraction of sp³-hybridized carbons (Fsp3) is 0.524. The van der Waals surface area contributed by atoms with E-state index in [1.807, 2.05) is 0 Å². The van der Waals surface area contributed by atoms with Gasteiger partial charge in [-0.2, -0.15) is 4.98 Å². The maximum Gasteiger partial charge on any atom is 0.472 e. The number of ether oxygens (including phenoxy) is 2. The van der Waals surface area contributed by atoms with Crippen LogP contribution in [0.15, 0.2) is 23.8 Å². The summed E-state index contributed by atoms with van der Waals surface area (Å²) in [4.78, 5) is 92.1. The first-order valence-electron chi connectivity index (χ1n) is 14.8. The van der Waals surface area contributed by atoms with Crippen molar-refractivity contribution in [3.63, 3.8) is 0 Å². The lowest BCUT2D eigenvalue weighted by Crippen LogP contribution is -2.37. The molecule has 2 saturated heterocycles. The smallest absolute Gasteiger partial charge is 0.386 e. The van der Waals surface area contributed by atoms with Gasteiger partial charge in [0.15, 0.2) is 41.0 Å². The number of nitrogen functional groups attached to an aromatic ring is 2. The molecule has 13 N–H and O–H groups in total. The molecule has 0 aromatic carbocycles. The molecule has 4 aromatic rings. The molecule has 0 aliphatic carbocycles. The molecule has 2 unspecified atom stereocenters. The van der Waals surface area contributed by atoms with Gasteiger partial charge in [0.2, 0.25) is 5.95 Å². The number of nitrogens with two attached hydrogens (primary N) is 2. The van der Waals surface area contributed by atoms with Crippen molar-refractivity contribution in [3.8, 4) is 0 Å². The summed E-state index contributed by atoms with van der Waals surface area (Å²) in [5, 5.41) is 22.3. The van der Waals surface area contributed by atoms with Crippen LogP contribution < -0.4 is 17.0 Å². The maximum atomic E-state index is 13.3. The number of aliphatic hydroxyl groups is 2. The van der Waals surface area contributed by atoms with Gasteiger partial charge in [-0.05, 0) is 0 Å². The topological polar surface area (TPSA) is 445 Å². The van der Waals surface area contributed by atoms with Crippen LogP contribution in [0.3, 0.4) is 0 Å². The Morgan fingerprint density at radius 1 is 0.778 bits per heavy atom. The number of imidazole rings is 2. The number of anilines is 2. The number of aromatic amines is 1. The van der Waals surface area contributed by atoms with Crippen molar-refractivity contribution < 1.29 is 85.4 Å². The minimum atomic E-state index is -5.48. The molecule has 2 aliphatic heterocycles. The first-order valence-corrected chi connectivity index (χ1v) is 21.3. The molecule has 298 valence electrons. The number of nitrogens with zero attached hydrogens (tertiary/aromatic N) is 7. The number of hydrogen-bond donors (Lipinski definition) is 11. The lowest BCUT2D eigenvalue weighted by Gasteiger charge is -2.25. The zero-order valence-corrected chi connectivity index (χ0v) is 30.2. The van der Waals surface area contributed by atoms with Gasteiger partial charge in [0, 0.05) is 0 Å². The molecule has 0 spiro atoms. The third-order valence-corrected chi connectivity index (χ3v) is 12.7. The summed E-state index contributed by atoms with van der Waals surface area (Å²) in [6.07, 6.45) is -11.7. The van der Waals surface area contributed by atoms with E-state index in [2.05, 4.69) is 34.4 Å². The van der Waals surface area contributed by atoms with Crippen molar-refractivity contribution in [2.24, 2.45) is 0 Å². The Bertz CT molecular complexity index is 2290. The first kappa shape index (κ1) is 40.5. The summed E-state index contributed by atoms with van der Waals surface area (Å²) in [6, 6.07) is 0. The molecule has 2 fully saturated rings. The normalized spacial score (nSPS) is 28.8. The Morgan fingerprint density at radius 2 is 1.33 bits per heavy atom. The largest absolute Gasteiger partial charge is 0.472 e. The number of phosphoric ester groups is 2. The minimum absolute atomic E-state index is 0.0135. The zero-order valence-electron chi connectivity index (χ0n) is 26.6. The number of aliphatic hydroxyl groups excluding tert-OH is 2. The van der Waals surface area contributed by atoms with Crippen LogP contribution in [0.5, 0.6) is 0 Å². The molecule has 0 bridgehead atoms. The molecule has 0 radical (unpaired) electrons. The Kier molecular flexibility index (Phi) is 11.1. The molecule has 0 saturated carbocycles. The van der Waals surface area contributed by atoms with Crippen LogP contribution in [-0.4, -0.2) is 134 Å².